The van der Waals surface area contributed by atoms with Gasteiger partial charge in [-0.1, -0.05) is 25.3 Å². The Hall–Kier alpha value is -3.32. The van der Waals surface area contributed by atoms with E-state index >= 15 is 0 Å². The average Bonchev–Trinajstić information content (AvgIpc) is 3.20. The Kier molecular flexibility index (Phi) is 8.54. The summed E-state index contributed by atoms with van der Waals surface area (Å²) in [5, 5.41) is 10.7. The van der Waals surface area contributed by atoms with Gasteiger partial charge in [-0.05, 0) is 86.8 Å². The summed E-state index contributed by atoms with van der Waals surface area (Å²) in [6, 6.07) is 13.5. The van der Waals surface area contributed by atoms with E-state index in [1.165, 1.54) is 24.8 Å². The van der Waals surface area contributed by atoms with Gasteiger partial charge in [0.15, 0.2) is 0 Å². The third-order valence-electron chi connectivity index (χ3n) is 7.30. The highest BCUT2D eigenvalue weighted by atomic mass is 16.5. The van der Waals surface area contributed by atoms with Crippen LogP contribution in [-0.4, -0.2) is 72.7 Å². The van der Waals surface area contributed by atoms with E-state index in [0.717, 1.165) is 53.7 Å². The number of hydrogen-bond donors (Lipinski definition) is 1. The Morgan fingerprint density at radius 1 is 1.00 bits per heavy atom. The minimum absolute atomic E-state index is 0.0325. The predicted octanol–water partition coefficient (Wildman–Crippen LogP) is 5.47. The van der Waals surface area contributed by atoms with E-state index in [-0.39, 0.29) is 18.0 Å². The maximum atomic E-state index is 13.0. The van der Waals surface area contributed by atoms with E-state index in [2.05, 4.69) is 31.1 Å². The van der Waals surface area contributed by atoms with E-state index in [9.17, 15) is 14.7 Å². The zero-order valence-corrected chi connectivity index (χ0v) is 22.5. The molecule has 0 bridgehead atoms. The Bertz CT molecular complexity index is 1240. The fourth-order valence-corrected chi connectivity index (χ4v) is 5.35. The van der Waals surface area contributed by atoms with Crippen molar-refractivity contribution in [3.8, 4) is 17.0 Å². The van der Waals surface area contributed by atoms with Crippen LogP contribution in [0, 0.1) is 0 Å². The molecule has 2 aromatic carbocycles. The van der Waals surface area contributed by atoms with Crippen LogP contribution in [0.5, 0.6) is 5.75 Å². The number of fused-ring (bicyclic) bond motifs is 1. The molecule has 1 aliphatic rings. The van der Waals surface area contributed by atoms with Gasteiger partial charge in [-0.15, -0.1) is 0 Å². The molecule has 37 heavy (non-hydrogen) atoms. The normalized spacial score (nSPS) is 14.3. The van der Waals surface area contributed by atoms with E-state index in [1.54, 1.807) is 31.1 Å². The quantitative estimate of drug-likeness (QED) is 0.370. The summed E-state index contributed by atoms with van der Waals surface area (Å²) >= 11 is 0. The number of aromatic nitrogens is 1. The van der Waals surface area contributed by atoms with Gasteiger partial charge in [0.25, 0.3) is 0 Å². The number of carbonyl (C=O) groups excluding carboxylic acids is 1. The van der Waals surface area contributed by atoms with Gasteiger partial charge >= 0.3 is 5.97 Å². The van der Waals surface area contributed by atoms with Crippen molar-refractivity contribution in [2.45, 2.75) is 51.0 Å². The molecule has 0 spiro atoms. The van der Waals surface area contributed by atoms with Crippen LogP contribution < -0.4 is 4.74 Å². The molecule has 1 aliphatic carbocycles. The third-order valence-corrected chi connectivity index (χ3v) is 7.30. The molecule has 1 amide bonds. The van der Waals surface area contributed by atoms with Gasteiger partial charge < -0.3 is 24.2 Å². The molecule has 3 aromatic rings. The van der Waals surface area contributed by atoms with Crippen LogP contribution in [-0.2, 0) is 11.3 Å². The number of nitrogens with zero attached hydrogens (tertiary/aromatic N) is 3. The molecule has 1 heterocycles. The largest absolute Gasteiger partial charge is 0.494 e. The number of ether oxygens (including phenoxy) is 1. The molecule has 1 saturated carbocycles. The third kappa shape index (κ3) is 6.16. The molecule has 1 N–H and O–H groups in total. The molecule has 0 radical (unpaired) electrons. The van der Waals surface area contributed by atoms with Crippen LogP contribution in [0.4, 0.5) is 0 Å². The zero-order chi connectivity index (χ0) is 26.5. The number of rotatable bonds is 10. The first-order valence-corrected chi connectivity index (χ1v) is 13.2. The Morgan fingerprint density at radius 2 is 1.70 bits per heavy atom. The van der Waals surface area contributed by atoms with Crippen molar-refractivity contribution in [2.75, 3.05) is 41.3 Å². The van der Waals surface area contributed by atoms with Gasteiger partial charge in [-0.3, -0.25) is 4.79 Å². The highest BCUT2D eigenvalue weighted by molar-refractivity contribution is 5.99. The molecule has 7 heteroatoms. The van der Waals surface area contributed by atoms with Crippen molar-refractivity contribution >= 4 is 22.8 Å². The van der Waals surface area contributed by atoms with Crippen molar-refractivity contribution in [2.24, 2.45) is 0 Å². The molecule has 0 atom stereocenters. The number of carboxylic acid groups (broad SMARTS) is 1. The van der Waals surface area contributed by atoms with Crippen molar-refractivity contribution in [3.05, 3.63) is 53.6 Å². The Morgan fingerprint density at radius 3 is 2.32 bits per heavy atom. The maximum Gasteiger partial charge on any atom is 0.335 e. The summed E-state index contributed by atoms with van der Waals surface area (Å²) in [5.74, 6) is 0.196. The fourth-order valence-electron chi connectivity index (χ4n) is 5.35. The SMILES string of the molecule is CN(C)CCCOc1ccc(-c2c(C3CCCCC3)c3ccc(C(=O)O)cc3n2CC(=O)N(C)C)cc1. The van der Waals surface area contributed by atoms with Gasteiger partial charge in [-0.25, -0.2) is 4.79 Å². The lowest BCUT2D eigenvalue weighted by atomic mass is 9.82. The molecule has 1 fully saturated rings. The van der Waals surface area contributed by atoms with Gasteiger partial charge in [-0.2, -0.15) is 0 Å². The molecule has 0 saturated heterocycles. The van der Waals surface area contributed by atoms with E-state index in [4.69, 9.17) is 4.74 Å². The standard InChI is InChI=1S/C30H39N3O4/c1-31(2)17-8-18-37-24-14-11-22(12-15-24)29-28(21-9-6-5-7-10-21)25-16-13-23(30(35)36)19-26(25)33(29)20-27(34)32(3)4/h11-16,19,21H,5-10,17-18,20H2,1-4H3,(H,35,36). The Labute approximate surface area is 219 Å². The van der Waals surface area contributed by atoms with E-state index in [1.807, 2.05) is 22.8 Å². The second kappa shape index (κ2) is 11.8. The summed E-state index contributed by atoms with van der Waals surface area (Å²) in [7, 11) is 7.61. The number of aromatic carboxylic acids is 1. The molecular formula is C30H39N3O4. The lowest BCUT2D eigenvalue weighted by molar-refractivity contribution is -0.129. The highest BCUT2D eigenvalue weighted by Crippen LogP contribution is 2.44. The second-order valence-corrected chi connectivity index (χ2v) is 10.5. The molecule has 7 nitrogen and oxygen atoms in total. The molecule has 0 aliphatic heterocycles. The van der Waals surface area contributed by atoms with E-state index < -0.39 is 5.97 Å². The summed E-state index contributed by atoms with van der Waals surface area (Å²) in [4.78, 5) is 28.5. The zero-order valence-electron chi connectivity index (χ0n) is 22.5. The highest BCUT2D eigenvalue weighted by Gasteiger charge is 2.28. The number of amides is 1. The van der Waals surface area contributed by atoms with Gasteiger partial charge in [0.1, 0.15) is 12.3 Å². The maximum absolute atomic E-state index is 13.0. The summed E-state index contributed by atoms with van der Waals surface area (Å²) in [6.07, 6.45) is 6.75. The smallest absolute Gasteiger partial charge is 0.335 e. The van der Waals surface area contributed by atoms with Crippen LogP contribution in [0.2, 0.25) is 0 Å². The minimum Gasteiger partial charge on any atom is -0.494 e. The molecule has 0 unspecified atom stereocenters. The summed E-state index contributed by atoms with van der Waals surface area (Å²) in [5.41, 5.74) is 4.29. The number of benzene rings is 2. The minimum atomic E-state index is -0.967. The lowest BCUT2D eigenvalue weighted by Crippen LogP contribution is -2.26. The molecule has 198 valence electrons. The lowest BCUT2D eigenvalue weighted by Gasteiger charge is -2.24. The number of hydrogen-bond acceptors (Lipinski definition) is 4. The first-order valence-electron chi connectivity index (χ1n) is 13.2. The van der Waals surface area contributed by atoms with Crippen molar-refractivity contribution < 1.29 is 19.4 Å². The van der Waals surface area contributed by atoms with Crippen LogP contribution in [0.1, 0.15) is 60.4 Å². The van der Waals surface area contributed by atoms with Crippen LogP contribution >= 0.6 is 0 Å². The van der Waals surface area contributed by atoms with Gasteiger partial charge in [0.2, 0.25) is 5.91 Å². The number of carboxylic acids is 1. The summed E-state index contributed by atoms with van der Waals surface area (Å²) in [6.45, 7) is 1.78. The fraction of sp³-hybridized carbons (Fsp3) is 0.467. The van der Waals surface area contributed by atoms with Crippen molar-refractivity contribution in [3.63, 3.8) is 0 Å². The van der Waals surface area contributed by atoms with Crippen LogP contribution in [0.15, 0.2) is 42.5 Å². The van der Waals surface area contributed by atoms with E-state index in [0.29, 0.717) is 12.5 Å². The average molecular weight is 506 g/mol. The number of carbonyl (C=O) groups is 2. The second-order valence-electron chi connectivity index (χ2n) is 10.5. The monoisotopic (exact) mass is 505 g/mol. The van der Waals surface area contributed by atoms with Gasteiger partial charge in [0, 0.05) is 26.0 Å². The molecular weight excluding hydrogens is 466 g/mol. The number of likely N-dealkylation sites (N-methyl/N-ethyl adjacent to an activating group) is 1. The van der Waals surface area contributed by atoms with Crippen LogP contribution in [0.25, 0.3) is 22.2 Å². The van der Waals surface area contributed by atoms with Crippen molar-refractivity contribution in [1.82, 2.24) is 14.4 Å². The van der Waals surface area contributed by atoms with Gasteiger partial charge in [0.05, 0.1) is 23.4 Å². The van der Waals surface area contributed by atoms with Crippen LogP contribution in [0.3, 0.4) is 0 Å². The van der Waals surface area contributed by atoms with Crippen molar-refractivity contribution in [1.29, 1.82) is 0 Å². The Balaban J connectivity index is 1.82. The first-order chi connectivity index (χ1) is 17.8. The molecule has 1 aromatic heterocycles. The molecule has 4 rings (SSSR count). The topological polar surface area (TPSA) is 75.0 Å². The first kappa shape index (κ1) is 26.7. The predicted molar refractivity (Wildman–Crippen MR) is 148 cm³/mol. The summed E-state index contributed by atoms with van der Waals surface area (Å²) < 4.78 is 7.99.